The van der Waals surface area contributed by atoms with Crippen molar-refractivity contribution in [3.8, 4) is 5.75 Å². The zero-order valence-electron chi connectivity index (χ0n) is 18.9. The van der Waals surface area contributed by atoms with Crippen LogP contribution in [-0.4, -0.2) is 28.6 Å². The second-order valence-electron chi connectivity index (χ2n) is 7.89. The molecule has 1 N–H and O–H groups in total. The Morgan fingerprint density at radius 2 is 1.97 bits per heavy atom. The lowest BCUT2D eigenvalue weighted by molar-refractivity contribution is -0.116. The zero-order chi connectivity index (χ0) is 22.1. The highest BCUT2D eigenvalue weighted by atomic mass is 16.5. The lowest BCUT2D eigenvalue weighted by atomic mass is 10.1. The van der Waals surface area contributed by atoms with Crippen molar-refractivity contribution in [3.05, 3.63) is 71.6 Å². The molecular formula is C26H33N3O2. The van der Waals surface area contributed by atoms with E-state index in [0.29, 0.717) is 13.2 Å². The van der Waals surface area contributed by atoms with Crippen molar-refractivity contribution in [1.82, 2.24) is 14.9 Å². The largest absolute Gasteiger partial charge is 0.493 e. The molecule has 1 aromatic heterocycles. The number of para-hydroxylation sites is 2. The van der Waals surface area contributed by atoms with Gasteiger partial charge in [-0.3, -0.25) is 4.79 Å². The summed E-state index contributed by atoms with van der Waals surface area (Å²) in [4.78, 5) is 16.4. The summed E-state index contributed by atoms with van der Waals surface area (Å²) in [5.41, 5.74) is 4.60. The number of nitrogens with one attached hydrogen (secondary N) is 1. The molecule has 3 rings (SSSR count). The van der Waals surface area contributed by atoms with E-state index in [1.807, 2.05) is 13.0 Å². The van der Waals surface area contributed by atoms with Crippen molar-refractivity contribution in [1.29, 1.82) is 0 Å². The predicted octanol–water partition coefficient (Wildman–Crippen LogP) is 5.14. The fraction of sp³-hybridized carbons (Fsp3) is 0.385. The molecule has 31 heavy (non-hydrogen) atoms. The fourth-order valence-corrected chi connectivity index (χ4v) is 3.65. The van der Waals surface area contributed by atoms with E-state index in [4.69, 9.17) is 9.72 Å². The van der Waals surface area contributed by atoms with Crippen LogP contribution in [0.15, 0.2) is 54.6 Å². The van der Waals surface area contributed by atoms with Crippen molar-refractivity contribution >= 4 is 16.9 Å². The maximum atomic E-state index is 11.6. The average Bonchev–Trinajstić information content (AvgIpc) is 3.11. The summed E-state index contributed by atoms with van der Waals surface area (Å²) in [5, 5.41) is 2.91. The van der Waals surface area contributed by atoms with Gasteiger partial charge in [-0.05, 0) is 75.4 Å². The summed E-state index contributed by atoms with van der Waals surface area (Å²) in [6.07, 6.45) is 7.01. The summed E-state index contributed by atoms with van der Waals surface area (Å²) >= 11 is 0. The number of hydrogen-bond donors (Lipinski definition) is 1. The van der Waals surface area contributed by atoms with Gasteiger partial charge < -0.3 is 14.6 Å². The van der Waals surface area contributed by atoms with Gasteiger partial charge in [0.2, 0.25) is 5.91 Å². The summed E-state index contributed by atoms with van der Waals surface area (Å²) in [5.74, 6) is 2.02. The minimum atomic E-state index is -0.0418. The predicted molar refractivity (Wildman–Crippen MR) is 127 cm³/mol. The molecule has 0 atom stereocenters. The Kier molecular flexibility index (Phi) is 8.27. The number of imidazole rings is 1. The molecule has 164 valence electrons. The molecular weight excluding hydrogens is 386 g/mol. The molecule has 0 saturated carbocycles. The van der Waals surface area contributed by atoms with Crippen LogP contribution in [0.5, 0.6) is 5.75 Å². The van der Waals surface area contributed by atoms with Gasteiger partial charge in [0.05, 0.1) is 17.6 Å². The molecule has 5 nitrogen and oxygen atoms in total. The summed E-state index contributed by atoms with van der Waals surface area (Å²) in [7, 11) is 0. The maximum Gasteiger partial charge on any atom is 0.243 e. The molecule has 0 fully saturated rings. The van der Waals surface area contributed by atoms with Gasteiger partial charge in [-0.2, -0.15) is 0 Å². The Balaban J connectivity index is 1.54. The van der Waals surface area contributed by atoms with Gasteiger partial charge in [-0.15, -0.1) is 0 Å². The minimum Gasteiger partial charge on any atom is -0.493 e. The molecule has 1 heterocycles. The van der Waals surface area contributed by atoms with Gasteiger partial charge in [-0.25, -0.2) is 4.98 Å². The summed E-state index contributed by atoms with van der Waals surface area (Å²) in [6.45, 7) is 8.29. The van der Waals surface area contributed by atoms with E-state index in [1.165, 1.54) is 16.6 Å². The number of fused-ring (bicyclic) bond motifs is 1. The first-order valence-electron chi connectivity index (χ1n) is 11.1. The monoisotopic (exact) mass is 419 g/mol. The van der Waals surface area contributed by atoms with Gasteiger partial charge >= 0.3 is 0 Å². The number of nitrogens with zero attached hydrogens (tertiary/aromatic N) is 2. The Labute approximate surface area is 185 Å². The van der Waals surface area contributed by atoms with Gasteiger partial charge in [0.25, 0.3) is 0 Å². The van der Waals surface area contributed by atoms with Crippen LogP contribution in [0.2, 0.25) is 0 Å². The number of amides is 1. The molecule has 0 aliphatic carbocycles. The second kappa shape index (κ2) is 11.3. The van der Waals surface area contributed by atoms with E-state index in [1.54, 1.807) is 12.2 Å². The standard InChI is InChI=1S/C26H33N3O2/c1-4-10-26(30)27-16-9-13-25-28-22-11-5-6-12-23(22)29(25)17-7-8-18-31-24-19-20(2)14-15-21(24)3/h4-6,10-12,14-15,19H,7-9,13,16-18H2,1-3H3,(H,27,30)/b10-4-. The lowest BCUT2D eigenvalue weighted by Crippen LogP contribution is -2.22. The first-order valence-corrected chi connectivity index (χ1v) is 11.1. The van der Waals surface area contributed by atoms with Crippen LogP contribution in [-0.2, 0) is 17.8 Å². The second-order valence-corrected chi connectivity index (χ2v) is 7.89. The quantitative estimate of drug-likeness (QED) is 0.346. The molecule has 1 amide bonds. The number of hydrogen-bond acceptors (Lipinski definition) is 3. The molecule has 0 saturated heterocycles. The van der Waals surface area contributed by atoms with E-state index < -0.39 is 0 Å². The van der Waals surface area contributed by atoms with Crippen molar-refractivity contribution in [2.45, 2.75) is 53.0 Å². The highest BCUT2D eigenvalue weighted by molar-refractivity contribution is 5.87. The van der Waals surface area contributed by atoms with Crippen LogP contribution in [0, 0.1) is 13.8 Å². The first kappa shape index (κ1) is 22.6. The van der Waals surface area contributed by atoms with Gasteiger partial charge in [0.15, 0.2) is 0 Å². The number of allylic oxidation sites excluding steroid dienone is 1. The third-order valence-corrected chi connectivity index (χ3v) is 5.31. The van der Waals surface area contributed by atoms with Crippen LogP contribution in [0.3, 0.4) is 0 Å². The smallest absolute Gasteiger partial charge is 0.243 e. The summed E-state index contributed by atoms with van der Waals surface area (Å²) < 4.78 is 8.33. The van der Waals surface area contributed by atoms with Crippen LogP contribution < -0.4 is 10.1 Å². The third-order valence-electron chi connectivity index (χ3n) is 5.31. The molecule has 0 radical (unpaired) electrons. The average molecular weight is 420 g/mol. The number of aryl methyl sites for hydroxylation is 4. The number of unbranched alkanes of at least 4 members (excludes halogenated alkanes) is 1. The highest BCUT2D eigenvalue weighted by Crippen LogP contribution is 2.20. The molecule has 0 spiro atoms. The Morgan fingerprint density at radius 1 is 1.13 bits per heavy atom. The van der Waals surface area contributed by atoms with Gasteiger partial charge in [0.1, 0.15) is 11.6 Å². The fourth-order valence-electron chi connectivity index (χ4n) is 3.65. The van der Waals surface area contributed by atoms with E-state index in [2.05, 4.69) is 60.1 Å². The van der Waals surface area contributed by atoms with Crippen LogP contribution in [0.4, 0.5) is 0 Å². The van der Waals surface area contributed by atoms with E-state index in [9.17, 15) is 4.79 Å². The van der Waals surface area contributed by atoms with Gasteiger partial charge in [0, 0.05) is 19.5 Å². The van der Waals surface area contributed by atoms with Crippen molar-refractivity contribution < 1.29 is 9.53 Å². The molecule has 3 aromatic rings. The molecule has 0 aliphatic heterocycles. The lowest BCUT2D eigenvalue weighted by Gasteiger charge is -2.12. The zero-order valence-corrected chi connectivity index (χ0v) is 18.9. The van der Waals surface area contributed by atoms with Crippen molar-refractivity contribution in [3.63, 3.8) is 0 Å². The Bertz CT molecular complexity index is 1040. The number of ether oxygens (including phenoxy) is 1. The third kappa shape index (κ3) is 6.45. The number of aromatic nitrogens is 2. The maximum absolute atomic E-state index is 11.6. The van der Waals surface area contributed by atoms with Crippen LogP contribution in [0.1, 0.15) is 43.1 Å². The van der Waals surface area contributed by atoms with E-state index >= 15 is 0 Å². The molecule has 0 aliphatic rings. The normalized spacial score (nSPS) is 11.3. The molecule has 0 unspecified atom stereocenters. The number of carbonyl (C=O) groups is 1. The molecule has 5 heteroatoms. The molecule has 0 bridgehead atoms. The van der Waals surface area contributed by atoms with Gasteiger partial charge in [-0.1, -0.05) is 30.3 Å². The van der Waals surface area contributed by atoms with E-state index in [0.717, 1.165) is 49.3 Å². The Hall–Kier alpha value is -3.08. The Morgan fingerprint density at radius 3 is 2.81 bits per heavy atom. The minimum absolute atomic E-state index is 0.0418. The molecule has 2 aromatic carbocycles. The number of carbonyl (C=O) groups excluding carboxylic acids is 1. The number of benzene rings is 2. The topological polar surface area (TPSA) is 56.2 Å². The van der Waals surface area contributed by atoms with Crippen LogP contribution in [0.25, 0.3) is 11.0 Å². The number of rotatable bonds is 11. The first-order chi connectivity index (χ1) is 15.1. The van der Waals surface area contributed by atoms with E-state index in [-0.39, 0.29) is 5.91 Å². The van der Waals surface area contributed by atoms with Crippen molar-refractivity contribution in [2.24, 2.45) is 0 Å². The highest BCUT2D eigenvalue weighted by Gasteiger charge is 2.10. The SMILES string of the molecule is C/C=C\C(=O)NCCCc1nc2ccccc2n1CCCCOc1cc(C)ccc1C. The summed E-state index contributed by atoms with van der Waals surface area (Å²) in [6, 6.07) is 14.6. The van der Waals surface area contributed by atoms with Crippen LogP contribution >= 0.6 is 0 Å². The van der Waals surface area contributed by atoms with Crippen molar-refractivity contribution in [2.75, 3.05) is 13.2 Å².